The number of esters is 1. The molecule has 1 saturated heterocycles. The van der Waals surface area contributed by atoms with E-state index in [1.54, 1.807) is 0 Å². The van der Waals surface area contributed by atoms with Crippen molar-refractivity contribution in [3.63, 3.8) is 0 Å². The Labute approximate surface area is 123 Å². The highest BCUT2D eigenvalue weighted by Gasteiger charge is 2.52. The number of carbonyl (C=O) groups excluding carboxylic acids is 1. The van der Waals surface area contributed by atoms with Gasteiger partial charge >= 0.3 is 5.97 Å². The molecule has 3 atom stereocenters. The zero-order valence-corrected chi connectivity index (χ0v) is 13.5. The van der Waals surface area contributed by atoms with Gasteiger partial charge in [0.05, 0.1) is 17.6 Å². The van der Waals surface area contributed by atoms with E-state index in [0.29, 0.717) is 0 Å². The number of ether oxygens (including phenoxy) is 2. The third kappa shape index (κ3) is 2.74. The third-order valence-electron chi connectivity index (χ3n) is 5.48. The highest BCUT2D eigenvalue weighted by atomic mass is 16.6. The van der Waals surface area contributed by atoms with Crippen LogP contribution in [0.5, 0.6) is 0 Å². The summed E-state index contributed by atoms with van der Waals surface area (Å²) in [7, 11) is 0. The summed E-state index contributed by atoms with van der Waals surface area (Å²) in [5.41, 5.74) is -0.650. The van der Waals surface area contributed by atoms with Gasteiger partial charge in [-0.3, -0.25) is 4.79 Å². The average Bonchev–Trinajstić information content (AvgIpc) is 3.04. The van der Waals surface area contributed by atoms with Gasteiger partial charge in [-0.05, 0) is 58.3 Å². The Balaban J connectivity index is 2.10. The third-order valence-corrected chi connectivity index (χ3v) is 5.48. The Hall–Kier alpha value is -0.570. The van der Waals surface area contributed by atoms with Crippen LogP contribution in [-0.4, -0.2) is 23.8 Å². The van der Waals surface area contributed by atoms with Gasteiger partial charge in [-0.25, -0.2) is 0 Å². The quantitative estimate of drug-likeness (QED) is 0.708. The van der Waals surface area contributed by atoms with E-state index in [1.807, 2.05) is 6.92 Å². The van der Waals surface area contributed by atoms with Crippen molar-refractivity contribution < 1.29 is 14.3 Å². The first kappa shape index (κ1) is 15.8. The predicted molar refractivity (Wildman–Crippen MR) is 79.5 cm³/mol. The lowest BCUT2D eigenvalue weighted by molar-refractivity contribution is -0.174. The SMILES string of the molecule is CCC1CC(C)(C(=O)OC2(CC)CCCC2)C(CC)O1. The van der Waals surface area contributed by atoms with Gasteiger partial charge in [0, 0.05) is 0 Å². The summed E-state index contributed by atoms with van der Waals surface area (Å²) in [5, 5.41) is 0. The van der Waals surface area contributed by atoms with Gasteiger partial charge in [0.25, 0.3) is 0 Å². The second kappa shape index (κ2) is 6.05. The summed E-state index contributed by atoms with van der Waals surface area (Å²) in [4.78, 5) is 12.8. The number of hydrogen-bond acceptors (Lipinski definition) is 3. The van der Waals surface area contributed by atoms with Crippen molar-refractivity contribution in [1.82, 2.24) is 0 Å². The molecule has 3 nitrogen and oxygen atoms in total. The molecule has 1 heterocycles. The van der Waals surface area contributed by atoms with Crippen LogP contribution in [0.1, 0.15) is 79.1 Å². The molecule has 1 saturated carbocycles. The van der Waals surface area contributed by atoms with Crippen LogP contribution in [0.2, 0.25) is 0 Å². The molecule has 0 bridgehead atoms. The fourth-order valence-corrected chi connectivity index (χ4v) is 3.90. The molecule has 0 radical (unpaired) electrons. The van der Waals surface area contributed by atoms with E-state index in [9.17, 15) is 4.79 Å². The van der Waals surface area contributed by atoms with Crippen LogP contribution in [0.15, 0.2) is 0 Å². The van der Waals surface area contributed by atoms with Crippen LogP contribution in [-0.2, 0) is 14.3 Å². The lowest BCUT2D eigenvalue weighted by Crippen LogP contribution is -2.42. The second-order valence-corrected chi connectivity index (χ2v) is 6.82. The van der Waals surface area contributed by atoms with Crippen LogP contribution >= 0.6 is 0 Å². The summed E-state index contributed by atoms with van der Waals surface area (Å²) >= 11 is 0. The topological polar surface area (TPSA) is 35.5 Å². The zero-order valence-electron chi connectivity index (χ0n) is 13.5. The number of carbonyl (C=O) groups is 1. The largest absolute Gasteiger partial charge is 0.459 e. The molecule has 3 heteroatoms. The van der Waals surface area contributed by atoms with Crippen molar-refractivity contribution in [3.8, 4) is 0 Å². The predicted octanol–water partition coefficient (Wildman–Crippen LogP) is 4.24. The number of rotatable bonds is 5. The maximum atomic E-state index is 12.8. The van der Waals surface area contributed by atoms with E-state index in [-0.39, 0.29) is 23.8 Å². The van der Waals surface area contributed by atoms with Crippen molar-refractivity contribution in [2.75, 3.05) is 0 Å². The zero-order chi connectivity index (χ0) is 14.8. The van der Waals surface area contributed by atoms with Gasteiger partial charge in [-0.1, -0.05) is 20.8 Å². The molecule has 3 unspecified atom stereocenters. The van der Waals surface area contributed by atoms with Crippen molar-refractivity contribution >= 4 is 5.97 Å². The van der Waals surface area contributed by atoms with Gasteiger partial charge in [0.1, 0.15) is 5.60 Å². The van der Waals surface area contributed by atoms with Crippen LogP contribution in [0.3, 0.4) is 0 Å². The first-order valence-electron chi connectivity index (χ1n) is 8.38. The summed E-state index contributed by atoms with van der Waals surface area (Å²) in [5.74, 6) is -0.0240. The molecule has 2 rings (SSSR count). The van der Waals surface area contributed by atoms with E-state index in [0.717, 1.165) is 38.5 Å². The van der Waals surface area contributed by atoms with E-state index in [4.69, 9.17) is 9.47 Å². The van der Waals surface area contributed by atoms with Crippen LogP contribution in [0, 0.1) is 5.41 Å². The lowest BCUT2D eigenvalue weighted by atomic mass is 9.80. The second-order valence-electron chi connectivity index (χ2n) is 6.82. The molecule has 116 valence electrons. The van der Waals surface area contributed by atoms with Crippen LogP contribution < -0.4 is 0 Å². The summed E-state index contributed by atoms with van der Waals surface area (Å²) in [6.07, 6.45) is 8.23. The highest BCUT2D eigenvalue weighted by Crippen LogP contribution is 2.45. The molecule has 1 aliphatic carbocycles. The smallest absolute Gasteiger partial charge is 0.315 e. The molecule has 1 aliphatic heterocycles. The molecule has 0 N–H and O–H groups in total. The number of hydrogen-bond donors (Lipinski definition) is 0. The Morgan fingerprint density at radius 3 is 2.35 bits per heavy atom. The maximum Gasteiger partial charge on any atom is 0.315 e. The molecule has 0 spiro atoms. The Bertz CT molecular complexity index is 346. The molecular formula is C17H30O3. The lowest BCUT2D eigenvalue weighted by Gasteiger charge is -2.34. The molecule has 0 aromatic rings. The molecule has 0 aromatic heterocycles. The van der Waals surface area contributed by atoms with E-state index < -0.39 is 5.41 Å². The minimum absolute atomic E-state index is 0.00950. The summed E-state index contributed by atoms with van der Waals surface area (Å²) in [6, 6.07) is 0. The molecular weight excluding hydrogens is 252 g/mol. The summed E-state index contributed by atoms with van der Waals surface area (Å²) < 4.78 is 12.1. The standard InChI is InChI=1S/C17H30O3/c1-5-13-12-16(4,14(6-2)19-13)15(18)20-17(7-3)10-8-9-11-17/h13-14H,5-12H2,1-4H3. The van der Waals surface area contributed by atoms with Crippen molar-refractivity contribution in [2.24, 2.45) is 5.41 Å². The van der Waals surface area contributed by atoms with Gasteiger partial charge in [-0.2, -0.15) is 0 Å². The monoisotopic (exact) mass is 282 g/mol. The van der Waals surface area contributed by atoms with Crippen molar-refractivity contribution in [2.45, 2.75) is 96.9 Å². The van der Waals surface area contributed by atoms with E-state index in [1.165, 1.54) is 12.8 Å². The minimum atomic E-state index is -0.458. The van der Waals surface area contributed by atoms with Gasteiger partial charge < -0.3 is 9.47 Å². The fraction of sp³-hybridized carbons (Fsp3) is 0.941. The molecule has 0 amide bonds. The molecule has 20 heavy (non-hydrogen) atoms. The van der Waals surface area contributed by atoms with Crippen LogP contribution in [0.4, 0.5) is 0 Å². The Kier molecular flexibility index (Phi) is 4.78. The van der Waals surface area contributed by atoms with E-state index in [2.05, 4.69) is 20.8 Å². The maximum absolute atomic E-state index is 12.8. The Morgan fingerprint density at radius 2 is 1.85 bits per heavy atom. The van der Waals surface area contributed by atoms with Crippen LogP contribution in [0.25, 0.3) is 0 Å². The van der Waals surface area contributed by atoms with E-state index >= 15 is 0 Å². The first-order valence-corrected chi connectivity index (χ1v) is 8.38. The van der Waals surface area contributed by atoms with Gasteiger partial charge in [0.15, 0.2) is 0 Å². The first-order chi connectivity index (χ1) is 9.49. The highest BCUT2D eigenvalue weighted by molar-refractivity contribution is 5.78. The average molecular weight is 282 g/mol. The van der Waals surface area contributed by atoms with Crippen molar-refractivity contribution in [3.05, 3.63) is 0 Å². The van der Waals surface area contributed by atoms with Gasteiger partial charge in [0.2, 0.25) is 0 Å². The fourth-order valence-electron chi connectivity index (χ4n) is 3.90. The molecule has 2 aliphatic rings. The normalized spacial score (nSPS) is 36.2. The minimum Gasteiger partial charge on any atom is -0.459 e. The summed E-state index contributed by atoms with van der Waals surface area (Å²) in [6.45, 7) is 8.40. The molecule has 2 fully saturated rings. The molecule has 0 aromatic carbocycles. The van der Waals surface area contributed by atoms with Crippen molar-refractivity contribution in [1.29, 1.82) is 0 Å². The Morgan fingerprint density at radius 1 is 1.20 bits per heavy atom. The van der Waals surface area contributed by atoms with Gasteiger partial charge in [-0.15, -0.1) is 0 Å².